The number of aromatic nitrogens is 4. The number of hydrogen-bond donors (Lipinski definition) is 0. The quantitative estimate of drug-likeness (QED) is 0.627. The number of nitrogens with zero attached hydrogens (tertiary/aromatic N) is 4. The Hall–Kier alpha value is -1.63. The number of hydrogen-bond acceptors (Lipinski definition) is 5. The van der Waals surface area contributed by atoms with Crippen molar-refractivity contribution in [2.75, 3.05) is 5.75 Å². The lowest BCUT2D eigenvalue weighted by molar-refractivity contribution is 0.427. The molecule has 1 fully saturated rings. The lowest BCUT2D eigenvalue weighted by Gasteiger charge is -2.21. The van der Waals surface area contributed by atoms with Gasteiger partial charge in [-0.3, -0.25) is 13.9 Å². The molecule has 24 heavy (non-hydrogen) atoms. The molecule has 0 saturated heterocycles. The van der Waals surface area contributed by atoms with Crippen LogP contribution in [0.25, 0.3) is 11.0 Å². The average Bonchev–Trinajstić information content (AvgIpc) is 2.62. The minimum absolute atomic E-state index is 0.304. The lowest BCUT2D eigenvalue weighted by Crippen LogP contribution is -2.38. The monoisotopic (exact) mass is 348 g/mol. The van der Waals surface area contributed by atoms with Gasteiger partial charge >= 0.3 is 5.69 Å². The van der Waals surface area contributed by atoms with Crippen LogP contribution in [0, 0.1) is 0 Å². The first-order chi connectivity index (χ1) is 11.5. The molecule has 0 aliphatic heterocycles. The van der Waals surface area contributed by atoms with Gasteiger partial charge in [-0.15, -0.1) is 11.8 Å². The zero-order chi connectivity index (χ0) is 17.3. The molecule has 0 unspecified atom stereocenters. The van der Waals surface area contributed by atoms with Crippen LogP contribution >= 0.6 is 11.8 Å². The predicted molar refractivity (Wildman–Crippen MR) is 96.9 cm³/mol. The van der Waals surface area contributed by atoms with Gasteiger partial charge in [0.2, 0.25) is 0 Å². The summed E-state index contributed by atoms with van der Waals surface area (Å²) in [4.78, 5) is 34.3. The molecule has 130 valence electrons. The first-order valence-corrected chi connectivity index (χ1v) is 9.63. The molecule has 0 atom stereocenters. The normalized spacial score (nSPS) is 16.0. The van der Waals surface area contributed by atoms with E-state index in [1.165, 1.54) is 30.9 Å². The molecule has 0 radical (unpaired) electrons. The van der Waals surface area contributed by atoms with Crippen LogP contribution in [0.5, 0.6) is 0 Å². The maximum absolute atomic E-state index is 12.6. The number of rotatable bonds is 4. The van der Waals surface area contributed by atoms with Crippen molar-refractivity contribution < 1.29 is 0 Å². The highest BCUT2D eigenvalue weighted by Gasteiger charge is 2.23. The molecule has 0 amide bonds. The third kappa shape index (κ3) is 3.01. The Morgan fingerprint density at radius 1 is 1.08 bits per heavy atom. The third-order valence-corrected chi connectivity index (χ3v) is 5.88. The minimum atomic E-state index is -0.341. The average molecular weight is 348 g/mol. The summed E-state index contributed by atoms with van der Waals surface area (Å²) in [6.07, 6.45) is 6.82. The molecule has 3 rings (SSSR count). The number of fused-ring (bicyclic) bond motifs is 1. The zero-order valence-corrected chi connectivity index (χ0v) is 15.4. The van der Waals surface area contributed by atoms with Gasteiger partial charge in [0.1, 0.15) is 16.2 Å². The highest BCUT2D eigenvalue weighted by atomic mass is 32.2. The van der Waals surface area contributed by atoms with Crippen LogP contribution in [0.15, 0.2) is 14.6 Å². The topological polar surface area (TPSA) is 69.8 Å². The molecule has 2 aromatic rings. The van der Waals surface area contributed by atoms with E-state index >= 15 is 0 Å². The van der Waals surface area contributed by atoms with Crippen molar-refractivity contribution in [2.24, 2.45) is 14.1 Å². The van der Waals surface area contributed by atoms with Crippen LogP contribution < -0.4 is 11.2 Å². The molecule has 1 saturated carbocycles. The molecule has 0 spiro atoms. The summed E-state index contributed by atoms with van der Waals surface area (Å²) in [5.74, 6) is 2.02. The maximum Gasteiger partial charge on any atom is 0.332 e. The molecule has 1 aliphatic carbocycles. The summed E-state index contributed by atoms with van der Waals surface area (Å²) in [7, 11) is 3.18. The van der Waals surface area contributed by atoms with Crippen LogP contribution in [0.3, 0.4) is 0 Å². The van der Waals surface area contributed by atoms with Crippen molar-refractivity contribution in [1.82, 2.24) is 19.1 Å². The maximum atomic E-state index is 12.6. The Labute approximate surface area is 145 Å². The summed E-state index contributed by atoms with van der Waals surface area (Å²) in [6, 6.07) is 0. The largest absolute Gasteiger partial charge is 0.332 e. The molecular weight excluding hydrogens is 324 g/mol. The molecule has 2 heterocycles. The minimum Gasteiger partial charge on any atom is -0.280 e. The van der Waals surface area contributed by atoms with Crippen LogP contribution in [0.1, 0.15) is 57.2 Å². The Morgan fingerprint density at radius 2 is 1.79 bits per heavy atom. The number of thioether (sulfide) groups is 1. The van der Waals surface area contributed by atoms with Crippen LogP contribution in [0.2, 0.25) is 0 Å². The molecule has 1 aliphatic rings. The van der Waals surface area contributed by atoms with Gasteiger partial charge < -0.3 is 0 Å². The molecule has 6 nitrogen and oxygen atoms in total. The van der Waals surface area contributed by atoms with E-state index in [1.807, 2.05) is 0 Å². The molecule has 0 bridgehead atoms. The Balaban J connectivity index is 2.26. The summed E-state index contributed by atoms with van der Waals surface area (Å²) < 4.78 is 2.61. The Morgan fingerprint density at radius 3 is 2.46 bits per heavy atom. The molecule has 0 N–H and O–H groups in total. The summed E-state index contributed by atoms with van der Waals surface area (Å²) in [5, 5.41) is 1.19. The highest BCUT2D eigenvalue weighted by Crippen LogP contribution is 2.33. The van der Waals surface area contributed by atoms with Crippen molar-refractivity contribution in [2.45, 2.75) is 56.4 Å². The fraction of sp³-hybridized carbons (Fsp3) is 0.647. The van der Waals surface area contributed by atoms with Crippen molar-refractivity contribution >= 4 is 22.8 Å². The van der Waals surface area contributed by atoms with E-state index in [1.54, 1.807) is 18.8 Å². The van der Waals surface area contributed by atoms with Gasteiger partial charge in [-0.2, -0.15) is 0 Å². The van der Waals surface area contributed by atoms with Gasteiger partial charge in [-0.05, 0) is 25.0 Å². The van der Waals surface area contributed by atoms with E-state index in [4.69, 9.17) is 4.98 Å². The van der Waals surface area contributed by atoms with Crippen LogP contribution in [-0.2, 0) is 14.1 Å². The second kappa shape index (κ2) is 7.09. The van der Waals surface area contributed by atoms with Crippen molar-refractivity contribution in [3.8, 4) is 0 Å². The zero-order valence-electron chi connectivity index (χ0n) is 14.5. The summed E-state index contributed by atoms with van der Waals surface area (Å²) in [5.41, 5.74) is -0.175. The Kier molecular flexibility index (Phi) is 5.08. The van der Waals surface area contributed by atoms with Gasteiger partial charge in [0.05, 0.1) is 0 Å². The molecule has 2 aromatic heterocycles. The summed E-state index contributed by atoms with van der Waals surface area (Å²) >= 11 is 1.59. The molecule has 7 heteroatoms. The van der Waals surface area contributed by atoms with E-state index in [9.17, 15) is 9.59 Å². The van der Waals surface area contributed by atoms with Crippen molar-refractivity contribution in [3.63, 3.8) is 0 Å². The van der Waals surface area contributed by atoms with E-state index in [0.29, 0.717) is 17.0 Å². The van der Waals surface area contributed by atoms with Gasteiger partial charge in [0.25, 0.3) is 5.56 Å². The number of aryl methyl sites for hydroxylation is 1. The van der Waals surface area contributed by atoms with Gasteiger partial charge in [0.15, 0.2) is 5.65 Å². The van der Waals surface area contributed by atoms with Crippen LogP contribution in [-0.4, -0.2) is 24.9 Å². The van der Waals surface area contributed by atoms with E-state index in [0.717, 1.165) is 40.4 Å². The highest BCUT2D eigenvalue weighted by molar-refractivity contribution is 7.99. The van der Waals surface area contributed by atoms with E-state index in [2.05, 4.69) is 11.9 Å². The lowest BCUT2D eigenvalue weighted by atomic mass is 9.89. The van der Waals surface area contributed by atoms with Crippen molar-refractivity contribution in [1.29, 1.82) is 0 Å². The first kappa shape index (κ1) is 17.2. The second-order valence-electron chi connectivity index (χ2n) is 6.47. The van der Waals surface area contributed by atoms with Crippen LogP contribution in [0.4, 0.5) is 0 Å². The van der Waals surface area contributed by atoms with E-state index in [-0.39, 0.29) is 11.2 Å². The predicted octanol–water partition coefficient (Wildman–Crippen LogP) is 2.58. The van der Waals surface area contributed by atoms with Gasteiger partial charge in [-0.25, -0.2) is 14.8 Å². The van der Waals surface area contributed by atoms with Crippen molar-refractivity contribution in [3.05, 3.63) is 26.7 Å². The molecular formula is C17H24N4O2S. The van der Waals surface area contributed by atoms with Gasteiger partial charge in [-0.1, -0.05) is 26.2 Å². The second-order valence-corrected chi connectivity index (χ2v) is 7.56. The Bertz CT molecular complexity index is 865. The smallest absolute Gasteiger partial charge is 0.280 e. The fourth-order valence-corrected chi connectivity index (χ4v) is 4.17. The first-order valence-electron chi connectivity index (χ1n) is 8.65. The third-order valence-electron chi connectivity index (χ3n) is 4.70. The van der Waals surface area contributed by atoms with E-state index < -0.39 is 0 Å². The van der Waals surface area contributed by atoms with Gasteiger partial charge in [0, 0.05) is 20.0 Å². The standard InChI is InChI=1S/C17H24N4O2S/c1-4-10-24-15-12-14(20(2)17(23)21(3)16(12)22)18-13(19-15)11-8-6-5-7-9-11/h11H,4-10H2,1-3H3. The summed E-state index contributed by atoms with van der Waals surface area (Å²) in [6.45, 7) is 2.10. The molecule has 0 aromatic carbocycles. The SMILES string of the molecule is CCCSc1nc(C2CCCCC2)nc2c1c(=O)n(C)c(=O)n2C. The fourth-order valence-electron chi connectivity index (χ4n) is 3.29.